The number of carbonyl (C=O) groups excluding carboxylic acids is 1. The number of para-hydroxylation sites is 1. The molecule has 0 aliphatic heterocycles. The molecule has 0 saturated heterocycles. The Kier molecular flexibility index (Phi) is 5.87. The SMILES string of the molecule is Cc1cccc(NC(=O)/C(C#N)=C/c2cn(Cc3ccccc3F)c3ccccc23)c1C. The number of aromatic nitrogens is 1. The van der Waals surface area contributed by atoms with Gasteiger partial charge in [0.15, 0.2) is 0 Å². The lowest BCUT2D eigenvalue weighted by molar-refractivity contribution is -0.112. The normalized spacial score (nSPS) is 11.4. The number of nitriles is 1. The minimum atomic E-state index is -0.466. The second kappa shape index (κ2) is 8.91. The second-order valence-electron chi connectivity index (χ2n) is 7.69. The molecule has 0 radical (unpaired) electrons. The van der Waals surface area contributed by atoms with Crippen LogP contribution in [-0.4, -0.2) is 10.5 Å². The third-order valence-corrected chi connectivity index (χ3v) is 5.64. The van der Waals surface area contributed by atoms with E-state index in [0.717, 1.165) is 27.6 Å². The Hall–Kier alpha value is -4.17. The molecule has 0 aliphatic carbocycles. The van der Waals surface area contributed by atoms with Gasteiger partial charge in [-0.2, -0.15) is 5.26 Å². The number of amides is 1. The van der Waals surface area contributed by atoms with Gasteiger partial charge in [0, 0.05) is 33.9 Å². The number of rotatable bonds is 5. The van der Waals surface area contributed by atoms with Crippen LogP contribution in [0.4, 0.5) is 10.1 Å². The average Bonchev–Trinajstić information content (AvgIpc) is 3.14. The minimum absolute atomic E-state index is 0.000277. The molecule has 1 heterocycles. The van der Waals surface area contributed by atoms with Crippen LogP contribution in [-0.2, 0) is 11.3 Å². The van der Waals surface area contributed by atoms with Gasteiger partial charge >= 0.3 is 0 Å². The van der Waals surface area contributed by atoms with Gasteiger partial charge in [-0.3, -0.25) is 4.79 Å². The van der Waals surface area contributed by atoms with E-state index >= 15 is 0 Å². The molecule has 0 fully saturated rings. The maximum absolute atomic E-state index is 14.2. The van der Waals surface area contributed by atoms with Crippen molar-refractivity contribution in [3.8, 4) is 6.07 Å². The Labute approximate surface area is 186 Å². The first-order valence-electron chi connectivity index (χ1n) is 10.3. The molecule has 0 bridgehead atoms. The Morgan fingerprint density at radius 2 is 1.81 bits per heavy atom. The largest absolute Gasteiger partial charge is 0.342 e. The van der Waals surface area contributed by atoms with Crippen LogP contribution in [0.25, 0.3) is 17.0 Å². The number of fused-ring (bicyclic) bond motifs is 1. The molecule has 0 atom stereocenters. The van der Waals surface area contributed by atoms with Gasteiger partial charge < -0.3 is 9.88 Å². The highest BCUT2D eigenvalue weighted by Crippen LogP contribution is 2.26. The fourth-order valence-electron chi connectivity index (χ4n) is 3.71. The summed E-state index contributed by atoms with van der Waals surface area (Å²) in [6.45, 7) is 4.24. The summed E-state index contributed by atoms with van der Waals surface area (Å²) < 4.78 is 16.1. The third-order valence-electron chi connectivity index (χ3n) is 5.64. The molecule has 0 spiro atoms. The lowest BCUT2D eigenvalue weighted by Crippen LogP contribution is -2.14. The Bertz CT molecular complexity index is 1390. The fraction of sp³-hybridized carbons (Fsp3) is 0.111. The van der Waals surface area contributed by atoms with E-state index in [0.29, 0.717) is 17.8 Å². The van der Waals surface area contributed by atoms with Gasteiger partial charge in [-0.15, -0.1) is 0 Å². The molecule has 1 aromatic heterocycles. The molecular weight excluding hydrogens is 401 g/mol. The summed E-state index contributed by atoms with van der Waals surface area (Å²) >= 11 is 0. The van der Waals surface area contributed by atoms with Crippen molar-refractivity contribution >= 4 is 28.6 Å². The Morgan fingerprint density at radius 3 is 2.59 bits per heavy atom. The maximum atomic E-state index is 14.2. The molecule has 0 unspecified atom stereocenters. The van der Waals surface area contributed by atoms with E-state index in [1.54, 1.807) is 24.3 Å². The average molecular weight is 423 g/mol. The molecule has 5 heteroatoms. The first-order chi connectivity index (χ1) is 15.5. The minimum Gasteiger partial charge on any atom is -0.342 e. The van der Waals surface area contributed by atoms with E-state index in [-0.39, 0.29) is 11.4 Å². The van der Waals surface area contributed by atoms with Crippen molar-refractivity contribution in [2.45, 2.75) is 20.4 Å². The zero-order valence-corrected chi connectivity index (χ0v) is 17.9. The van der Waals surface area contributed by atoms with Gasteiger partial charge in [0.25, 0.3) is 5.91 Å². The second-order valence-corrected chi connectivity index (χ2v) is 7.69. The smallest absolute Gasteiger partial charge is 0.266 e. The number of halogens is 1. The Balaban J connectivity index is 1.70. The monoisotopic (exact) mass is 423 g/mol. The summed E-state index contributed by atoms with van der Waals surface area (Å²) in [5.74, 6) is -0.736. The van der Waals surface area contributed by atoms with Crippen molar-refractivity contribution in [2.75, 3.05) is 5.32 Å². The van der Waals surface area contributed by atoms with Gasteiger partial charge in [-0.25, -0.2) is 4.39 Å². The highest BCUT2D eigenvalue weighted by molar-refractivity contribution is 6.11. The van der Waals surface area contributed by atoms with E-state index in [1.165, 1.54) is 6.07 Å². The van der Waals surface area contributed by atoms with E-state index in [4.69, 9.17) is 0 Å². The summed E-state index contributed by atoms with van der Waals surface area (Å²) in [7, 11) is 0. The summed E-state index contributed by atoms with van der Waals surface area (Å²) in [5, 5.41) is 13.4. The molecule has 0 aliphatic rings. The van der Waals surface area contributed by atoms with Crippen LogP contribution in [0.1, 0.15) is 22.3 Å². The highest BCUT2D eigenvalue weighted by atomic mass is 19.1. The first-order valence-corrected chi connectivity index (χ1v) is 10.3. The summed E-state index contributed by atoms with van der Waals surface area (Å²) in [5.41, 5.74) is 4.88. The van der Waals surface area contributed by atoms with Crippen molar-refractivity contribution in [3.05, 3.63) is 107 Å². The van der Waals surface area contributed by atoms with E-state index in [9.17, 15) is 14.4 Å². The molecular formula is C27H22FN3O. The number of nitrogens with one attached hydrogen (secondary N) is 1. The molecule has 1 N–H and O–H groups in total. The van der Waals surface area contributed by atoms with E-state index in [1.807, 2.05) is 73.1 Å². The van der Waals surface area contributed by atoms with Crippen molar-refractivity contribution in [3.63, 3.8) is 0 Å². The van der Waals surface area contributed by atoms with Crippen LogP contribution in [0.3, 0.4) is 0 Å². The number of hydrogen-bond donors (Lipinski definition) is 1. The zero-order chi connectivity index (χ0) is 22.7. The van der Waals surface area contributed by atoms with Crippen LogP contribution in [0.2, 0.25) is 0 Å². The fourth-order valence-corrected chi connectivity index (χ4v) is 3.71. The number of hydrogen-bond acceptors (Lipinski definition) is 2. The molecule has 3 aromatic carbocycles. The van der Waals surface area contributed by atoms with Gasteiger partial charge in [0.05, 0.1) is 6.54 Å². The first kappa shape index (κ1) is 21.1. The molecule has 1 amide bonds. The standard InChI is InChI=1S/C27H22FN3O/c1-18-8-7-12-25(19(18)2)30-27(32)21(15-29)14-22-17-31(26-13-6-4-10-23(22)26)16-20-9-3-5-11-24(20)28/h3-14,17H,16H2,1-2H3,(H,30,32)/b21-14+. The summed E-state index contributed by atoms with van der Waals surface area (Å²) in [4.78, 5) is 12.8. The van der Waals surface area contributed by atoms with E-state index < -0.39 is 5.91 Å². The van der Waals surface area contributed by atoms with Gasteiger partial charge in [-0.1, -0.05) is 48.5 Å². The molecule has 4 rings (SSSR count). The van der Waals surface area contributed by atoms with Crippen molar-refractivity contribution < 1.29 is 9.18 Å². The van der Waals surface area contributed by atoms with Gasteiger partial charge in [0.1, 0.15) is 17.5 Å². The number of benzene rings is 3. The molecule has 0 saturated carbocycles. The number of aryl methyl sites for hydroxylation is 1. The lowest BCUT2D eigenvalue weighted by atomic mass is 10.1. The van der Waals surface area contributed by atoms with E-state index in [2.05, 4.69) is 5.32 Å². The van der Waals surface area contributed by atoms with Gasteiger partial charge in [-0.05, 0) is 49.2 Å². The highest BCUT2D eigenvalue weighted by Gasteiger charge is 2.14. The van der Waals surface area contributed by atoms with Crippen molar-refractivity contribution in [1.29, 1.82) is 5.26 Å². The van der Waals surface area contributed by atoms with Crippen LogP contribution in [0, 0.1) is 31.0 Å². The van der Waals surface area contributed by atoms with Crippen LogP contribution < -0.4 is 5.32 Å². The number of carbonyl (C=O) groups is 1. The van der Waals surface area contributed by atoms with Crippen LogP contribution in [0.15, 0.2) is 78.5 Å². The Morgan fingerprint density at radius 1 is 1.06 bits per heavy atom. The lowest BCUT2D eigenvalue weighted by Gasteiger charge is -2.09. The third kappa shape index (κ3) is 4.17. The van der Waals surface area contributed by atoms with Crippen LogP contribution in [0.5, 0.6) is 0 Å². The quantitative estimate of drug-likeness (QED) is 0.317. The van der Waals surface area contributed by atoms with Crippen molar-refractivity contribution in [2.24, 2.45) is 0 Å². The number of anilines is 1. The molecule has 32 heavy (non-hydrogen) atoms. The summed E-state index contributed by atoms with van der Waals surface area (Å²) in [6.07, 6.45) is 3.43. The van der Waals surface area contributed by atoms with Crippen LogP contribution >= 0.6 is 0 Å². The molecule has 4 nitrogen and oxygen atoms in total. The number of nitrogens with zero attached hydrogens (tertiary/aromatic N) is 2. The predicted octanol–water partition coefficient (Wildman–Crippen LogP) is 5.99. The summed E-state index contributed by atoms with van der Waals surface area (Å²) in [6, 6.07) is 22.0. The van der Waals surface area contributed by atoms with Gasteiger partial charge in [0.2, 0.25) is 0 Å². The van der Waals surface area contributed by atoms with Crippen molar-refractivity contribution in [1.82, 2.24) is 4.57 Å². The predicted molar refractivity (Wildman–Crippen MR) is 126 cm³/mol. The topological polar surface area (TPSA) is 57.8 Å². The molecule has 4 aromatic rings. The molecule has 158 valence electrons. The maximum Gasteiger partial charge on any atom is 0.266 e. The zero-order valence-electron chi connectivity index (χ0n) is 17.9.